The Balaban J connectivity index is 1.83. The van der Waals surface area contributed by atoms with Crippen molar-refractivity contribution in [3.63, 3.8) is 0 Å². The van der Waals surface area contributed by atoms with Crippen molar-refractivity contribution in [3.05, 3.63) is 88.0 Å². The normalized spacial score (nSPS) is 11.3. The topological polar surface area (TPSA) is 84.6 Å². The monoisotopic (exact) mass is 333 g/mol. The highest BCUT2D eigenvalue weighted by Crippen LogP contribution is 2.18. The minimum Gasteiger partial charge on any atom is -0.267 e. The van der Waals surface area contributed by atoms with Gasteiger partial charge in [0.1, 0.15) is 5.56 Å². The summed E-state index contributed by atoms with van der Waals surface area (Å²) in [6.45, 7) is 1.77. The second kappa shape index (κ2) is 6.92. The molecule has 6 heteroatoms. The minimum atomic E-state index is -0.618. The maximum atomic E-state index is 12.2. The number of nitro benzene ring substituents is 1. The van der Waals surface area contributed by atoms with E-state index in [1.165, 1.54) is 18.2 Å². The molecule has 0 saturated carbocycles. The molecule has 0 aromatic heterocycles. The fourth-order valence-electron chi connectivity index (χ4n) is 2.50. The molecule has 0 unspecified atom stereocenters. The predicted octanol–water partition coefficient (Wildman–Crippen LogP) is 3.90. The van der Waals surface area contributed by atoms with Crippen LogP contribution in [0.4, 0.5) is 5.69 Å². The summed E-state index contributed by atoms with van der Waals surface area (Å²) in [6, 6.07) is 19.6. The fraction of sp³-hybridized carbons (Fsp3) is 0.0526. The summed E-state index contributed by atoms with van der Waals surface area (Å²) in [7, 11) is 0. The smallest absolute Gasteiger partial charge is 0.267 e. The lowest BCUT2D eigenvalue weighted by molar-refractivity contribution is -0.385. The van der Waals surface area contributed by atoms with Crippen molar-refractivity contribution in [2.45, 2.75) is 6.92 Å². The predicted molar refractivity (Wildman–Crippen MR) is 96.7 cm³/mol. The second-order valence-electron chi connectivity index (χ2n) is 5.47. The fourth-order valence-corrected chi connectivity index (χ4v) is 2.50. The van der Waals surface area contributed by atoms with Gasteiger partial charge in [-0.1, -0.05) is 48.5 Å². The maximum Gasteiger partial charge on any atom is 0.282 e. The second-order valence-corrected chi connectivity index (χ2v) is 5.47. The molecule has 0 radical (unpaired) electrons. The number of hydrogen-bond acceptors (Lipinski definition) is 4. The molecular formula is C19H15N3O3. The molecule has 0 bridgehead atoms. The van der Waals surface area contributed by atoms with Gasteiger partial charge in [0.15, 0.2) is 0 Å². The highest BCUT2D eigenvalue weighted by molar-refractivity contribution is 6.04. The zero-order valence-corrected chi connectivity index (χ0v) is 13.5. The van der Waals surface area contributed by atoms with E-state index in [2.05, 4.69) is 10.5 Å². The van der Waals surface area contributed by atoms with E-state index < -0.39 is 10.8 Å². The SMILES string of the molecule is C/C(=N/NC(=O)c1ccccc1[N+](=O)[O-])c1ccc2ccccc2c1. The molecule has 1 N–H and O–H groups in total. The number of carbonyl (C=O) groups is 1. The third kappa shape index (κ3) is 3.53. The van der Waals surface area contributed by atoms with E-state index >= 15 is 0 Å². The Labute approximate surface area is 143 Å². The first kappa shape index (κ1) is 16.3. The van der Waals surface area contributed by atoms with Gasteiger partial charge < -0.3 is 0 Å². The third-order valence-electron chi connectivity index (χ3n) is 3.84. The van der Waals surface area contributed by atoms with Crippen LogP contribution in [-0.2, 0) is 0 Å². The minimum absolute atomic E-state index is 0.0254. The number of nitrogens with zero attached hydrogens (tertiary/aromatic N) is 2. The Morgan fingerprint density at radius 1 is 1.00 bits per heavy atom. The zero-order chi connectivity index (χ0) is 17.8. The first-order valence-electron chi connectivity index (χ1n) is 7.63. The number of fused-ring (bicyclic) bond motifs is 1. The maximum absolute atomic E-state index is 12.2. The third-order valence-corrected chi connectivity index (χ3v) is 3.84. The average Bonchev–Trinajstić information content (AvgIpc) is 2.65. The van der Waals surface area contributed by atoms with Crippen molar-refractivity contribution in [2.24, 2.45) is 5.10 Å². The Hall–Kier alpha value is -3.54. The summed E-state index contributed by atoms with van der Waals surface area (Å²) in [5, 5.41) is 17.3. The number of nitrogens with one attached hydrogen (secondary N) is 1. The van der Waals surface area contributed by atoms with Gasteiger partial charge in [0.25, 0.3) is 11.6 Å². The number of hydrazone groups is 1. The standard InChI is InChI=1S/C19H15N3O3/c1-13(15-11-10-14-6-2-3-7-16(14)12-15)20-21-19(23)17-8-4-5-9-18(17)22(24)25/h2-12H,1H3,(H,21,23)/b20-13-. The quantitative estimate of drug-likeness (QED) is 0.446. The molecule has 3 aromatic rings. The lowest BCUT2D eigenvalue weighted by Gasteiger charge is -2.05. The molecule has 0 spiro atoms. The van der Waals surface area contributed by atoms with E-state index in [-0.39, 0.29) is 11.3 Å². The molecule has 0 fully saturated rings. The molecule has 0 atom stereocenters. The van der Waals surface area contributed by atoms with Crippen LogP contribution < -0.4 is 5.43 Å². The van der Waals surface area contributed by atoms with Crippen molar-refractivity contribution < 1.29 is 9.72 Å². The summed E-state index contributed by atoms with van der Waals surface area (Å²) < 4.78 is 0. The molecule has 1 amide bonds. The largest absolute Gasteiger partial charge is 0.282 e. The lowest BCUT2D eigenvalue weighted by atomic mass is 10.0. The van der Waals surface area contributed by atoms with E-state index in [0.717, 1.165) is 16.3 Å². The van der Waals surface area contributed by atoms with Crippen molar-refractivity contribution in [3.8, 4) is 0 Å². The summed E-state index contributed by atoms with van der Waals surface area (Å²) in [6.07, 6.45) is 0. The average molecular weight is 333 g/mol. The molecule has 0 aliphatic rings. The molecule has 0 heterocycles. The number of carbonyl (C=O) groups excluding carboxylic acids is 1. The molecule has 0 aliphatic heterocycles. The summed E-state index contributed by atoms with van der Waals surface area (Å²) in [5.74, 6) is -0.618. The number of rotatable bonds is 4. The van der Waals surface area contributed by atoms with E-state index in [1.807, 2.05) is 42.5 Å². The van der Waals surface area contributed by atoms with Crippen LogP contribution in [0.15, 0.2) is 71.8 Å². The number of amides is 1. The molecular weight excluding hydrogens is 318 g/mol. The molecule has 124 valence electrons. The molecule has 25 heavy (non-hydrogen) atoms. The Kier molecular flexibility index (Phi) is 4.52. The van der Waals surface area contributed by atoms with Gasteiger partial charge in [0, 0.05) is 6.07 Å². The van der Waals surface area contributed by atoms with Gasteiger partial charge in [-0.05, 0) is 35.4 Å². The first-order chi connectivity index (χ1) is 12.1. The van der Waals surface area contributed by atoms with Gasteiger partial charge >= 0.3 is 0 Å². The molecule has 6 nitrogen and oxygen atoms in total. The van der Waals surface area contributed by atoms with Crippen LogP contribution in [0.5, 0.6) is 0 Å². The molecule has 0 aliphatic carbocycles. The van der Waals surface area contributed by atoms with Crippen LogP contribution in [0.3, 0.4) is 0 Å². The number of benzene rings is 3. The van der Waals surface area contributed by atoms with E-state index in [9.17, 15) is 14.9 Å². The molecule has 3 rings (SSSR count). The van der Waals surface area contributed by atoms with Crippen molar-refractivity contribution in [1.29, 1.82) is 0 Å². The van der Waals surface area contributed by atoms with E-state index in [0.29, 0.717) is 5.71 Å². The van der Waals surface area contributed by atoms with Crippen molar-refractivity contribution >= 4 is 28.1 Å². The lowest BCUT2D eigenvalue weighted by Crippen LogP contribution is -2.20. The van der Waals surface area contributed by atoms with Crippen LogP contribution in [0.2, 0.25) is 0 Å². The number of nitro groups is 1. The van der Waals surface area contributed by atoms with Crippen molar-refractivity contribution in [1.82, 2.24) is 5.43 Å². The van der Waals surface area contributed by atoms with Crippen LogP contribution in [-0.4, -0.2) is 16.5 Å². The Morgan fingerprint density at radius 2 is 1.68 bits per heavy atom. The number of para-hydroxylation sites is 1. The summed E-state index contributed by atoms with van der Waals surface area (Å²) in [4.78, 5) is 22.6. The first-order valence-corrected chi connectivity index (χ1v) is 7.63. The van der Waals surface area contributed by atoms with Crippen LogP contribution >= 0.6 is 0 Å². The van der Waals surface area contributed by atoms with Gasteiger partial charge in [0.2, 0.25) is 0 Å². The Morgan fingerprint density at radius 3 is 2.44 bits per heavy atom. The van der Waals surface area contributed by atoms with Gasteiger partial charge in [-0.15, -0.1) is 0 Å². The van der Waals surface area contributed by atoms with Gasteiger partial charge in [-0.3, -0.25) is 14.9 Å². The molecule has 3 aromatic carbocycles. The van der Waals surface area contributed by atoms with Gasteiger partial charge in [-0.25, -0.2) is 5.43 Å². The van der Waals surface area contributed by atoms with Crippen LogP contribution in [0.25, 0.3) is 10.8 Å². The zero-order valence-electron chi connectivity index (χ0n) is 13.5. The highest BCUT2D eigenvalue weighted by Gasteiger charge is 2.18. The van der Waals surface area contributed by atoms with Gasteiger partial charge in [-0.2, -0.15) is 5.10 Å². The Bertz CT molecular complexity index is 996. The van der Waals surface area contributed by atoms with Crippen LogP contribution in [0, 0.1) is 10.1 Å². The van der Waals surface area contributed by atoms with Crippen LogP contribution in [0.1, 0.15) is 22.8 Å². The molecule has 0 saturated heterocycles. The van der Waals surface area contributed by atoms with Crippen molar-refractivity contribution in [2.75, 3.05) is 0 Å². The van der Waals surface area contributed by atoms with E-state index in [4.69, 9.17) is 0 Å². The van der Waals surface area contributed by atoms with E-state index in [1.54, 1.807) is 13.0 Å². The highest BCUT2D eigenvalue weighted by atomic mass is 16.6. The number of hydrogen-bond donors (Lipinski definition) is 1. The summed E-state index contributed by atoms with van der Waals surface area (Å²) >= 11 is 0. The summed E-state index contributed by atoms with van der Waals surface area (Å²) in [5.41, 5.74) is 3.58. The van der Waals surface area contributed by atoms with Gasteiger partial charge in [0.05, 0.1) is 10.6 Å².